The largest absolute Gasteiger partial charge is 0.435 e. The number of amides is 1. The Morgan fingerprint density at radius 3 is 2.57 bits per heavy atom. The number of carbonyl (C=O) groups excluding carboxylic acids is 1. The molecular formula is C14H10F4N4O. The van der Waals surface area contributed by atoms with E-state index in [0.29, 0.717) is 6.42 Å². The third-order valence-corrected chi connectivity index (χ3v) is 3.37. The molecule has 0 N–H and O–H groups in total. The van der Waals surface area contributed by atoms with Crippen LogP contribution in [0.2, 0.25) is 0 Å². The lowest BCUT2D eigenvalue weighted by atomic mass is 10.2. The standard InChI is InChI=1S/C14H10F4N4O/c15-9-4-8(5-19-6-9)13-20-7-10(12(21-13)14(16,17)18)22-3-1-2-11(22)23/h4-7H,1-3H2. The molecule has 0 spiro atoms. The van der Waals surface area contributed by atoms with Gasteiger partial charge in [-0.1, -0.05) is 0 Å². The molecule has 2 aromatic rings. The molecule has 5 nitrogen and oxygen atoms in total. The average Bonchev–Trinajstić information content (AvgIpc) is 2.92. The monoisotopic (exact) mass is 326 g/mol. The van der Waals surface area contributed by atoms with Crippen LogP contribution in [-0.2, 0) is 11.0 Å². The number of halogens is 4. The second kappa shape index (κ2) is 5.56. The Hall–Kier alpha value is -2.58. The summed E-state index contributed by atoms with van der Waals surface area (Å²) in [5, 5.41) is 0. The van der Waals surface area contributed by atoms with Crippen LogP contribution in [0.3, 0.4) is 0 Å². The van der Waals surface area contributed by atoms with Crippen molar-refractivity contribution in [2.24, 2.45) is 0 Å². The highest BCUT2D eigenvalue weighted by Crippen LogP contribution is 2.37. The first kappa shape index (κ1) is 15.3. The predicted octanol–water partition coefficient (Wildman–Crippen LogP) is 2.82. The van der Waals surface area contributed by atoms with Gasteiger partial charge in [0.1, 0.15) is 5.82 Å². The zero-order chi connectivity index (χ0) is 16.6. The van der Waals surface area contributed by atoms with Crippen LogP contribution in [0.1, 0.15) is 18.5 Å². The Morgan fingerprint density at radius 1 is 1.17 bits per heavy atom. The predicted molar refractivity (Wildman–Crippen MR) is 71.8 cm³/mol. The summed E-state index contributed by atoms with van der Waals surface area (Å²) in [5.41, 5.74) is -1.58. The second-order valence-corrected chi connectivity index (χ2v) is 4.97. The van der Waals surface area contributed by atoms with Crippen molar-refractivity contribution in [2.75, 3.05) is 11.4 Å². The topological polar surface area (TPSA) is 59.0 Å². The van der Waals surface area contributed by atoms with Gasteiger partial charge in [-0.2, -0.15) is 13.2 Å². The number of hydrogen-bond donors (Lipinski definition) is 0. The van der Waals surface area contributed by atoms with E-state index in [1.54, 1.807) is 0 Å². The number of pyridine rings is 1. The Labute approximate surface area is 128 Å². The van der Waals surface area contributed by atoms with Gasteiger partial charge in [0.25, 0.3) is 0 Å². The summed E-state index contributed by atoms with van der Waals surface area (Å²) >= 11 is 0. The maximum Gasteiger partial charge on any atom is 0.435 e. The highest BCUT2D eigenvalue weighted by molar-refractivity contribution is 5.95. The number of hydrogen-bond acceptors (Lipinski definition) is 4. The summed E-state index contributed by atoms with van der Waals surface area (Å²) in [6, 6.07) is 0.989. The minimum absolute atomic E-state index is 0.0230. The van der Waals surface area contributed by atoms with Crippen molar-refractivity contribution in [3.05, 3.63) is 36.2 Å². The Bertz CT molecular complexity index is 763. The van der Waals surface area contributed by atoms with Gasteiger partial charge in [-0.25, -0.2) is 14.4 Å². The smallest absolute Gasteiger partial charge is 0.309 e. The van der Waals surface area contributed by atoms with E-state index in [1.165, 1.54) is 6.20 Å². The molecule has 1 saturated heterocycles. The van der Waals surface area contributed by atoms with Crippen LogP contribution >= 0.6 is 0 Å². The molecule has 0 atom stereocenters. The van der Waals surface area contributed by atoms with Gasteiger partial charge < -0.3 is 4.90 Å². The number of aromatic nitrogens is 3. The van der Waals surface area contributed by atoms with Crippen molar-refractivity contribution in [3.63, 3.8) is 0 Å². The molecule has 0 unspecified atom stereocenters. The molecule has 0 aliphatic carbocycles. The zero-order valence-electron chi connectivity index (χ0n) is 11.6. The van der Waals surface area contributed by atoms with Crippen molar-refractivity contribution in [1.82, 2.24) is 15.0 Å². The van der Waals surface area contributed by atoms with Gasteiger partial charge >= 0.3 is 6.18 Å². The van der Waals surface area contributed by atoms with E-state index in [-0.39, 0.29) is 30.0 Å². The molecule has 9 heteroatoms. The van der Waals surface area contributed by atoms with E-state index in [0.717, 1.165) is 23.4 Å². The van der Waals surface area contributed by atoms with Gasteiger partial charge in [0, 0.05) is 24.7 Å². The van der Waals surface area contributed by atoms with Crippen molar-refractivity contribution in [3.8, 4) is 11.4 Å². The second-order valence-electron chi connectivity index (χ2n) is 4.97. The Kier molecular flexibility index (Phi) is 3.70. The summed E-state index contributed by atoms with van der Waals surface area (Å²) in [6.07, 6.45) is -1.07. The van der Waals surface area contributed by atoms with Gasteiger partial charge in [-0.15, -0.1) is 0 Å². The van der Waals surface area contributed by atoms with Gasteiger partial charge in [0.15, 0.2) is 11.5 Å². The summed E-state index contributed by atoms with van der Waals surface area (Å²) in [4.78, 5) is 23.6. The summed E-state index contributed by atoms with van der Waals surface area (Å²) in [6.45, 7) is 0.187. The number of anilines is 1. The molecular weight excluding hydrogens is 316 g/mol. The molecule has 0 saturated carbocycles. The van der Waals surface area contributed by atoms with E-state index >= 15 is 0 Å². The lowest BCUT2D eigenvalue weighted by Crippen LogP contribution is -2.28. The van der Waals surface area contributed by atoms with Crippen molar-refractivity contribution < 1.29 is 22.4 Å². The molecule has 1 amide bonds. The molecule has 0 radical (unpaired) electrons. The van der Waals surface area contributed by atoms with E-state index in [9.17, 15) is 22.4 Å². The van der Waals surface area contributed by atoms with Crippen LogP contribution in [0, 0.1) is 5.82 Å². The van der Waals surface area contributed by atoms with Crippen molar-refractivity contribution >= 4 is 11.6 Å². The van der Waals surface area contributed by atoms with Gasteiger partial charge in [0.05, 0.1) is 18.1 Å². The summed E-state index contributed by atoms with van der Waals surface area (Å²) in [5.74, 6) is -1.42. The number of rotatable bonds is 2. The van der Waals surface area contributed by atoms with Crippen molar-refractivity contribution in [2.45, 2.75) is 19.0 Å². The molecule has 1 aliphatic heterocycles. The minimum Gasteiger partial charge on any atom is -0.309 e. The van der Waals surface area contributed by atoms with Gasteiger partial charge in [0.2, 0.25) is 5.91 Å². The first-order valence-electron chi connectivity index (χ1n) is 6.72. The SMILES string of the molecule is O=C1CCCN1c1cnc(-c2cncc(F)c2)nc1C(F)(F)F. The summed E-state index contributed by atoms with van der Waals surface area (Å²) in [7, 11) is 0. The third-order valence-electron chi connectivity index (χ3n) is 3.37. The van der Waals surface area contributed by atoms with E-state index in [2.05, 4.69) is 15.0 Å². The molecule has 1 fully saturated rings. The molecule has 2 aromatic heterocycles. The van der Waals surface area contributed by atoms with Crippen LogP contribution in [0.4, 0.5) is 23.2 Å². The van der Waals surface area contributed by atoms with Crippen LogP contribution < -0.4 is 4.90 Å². The Balaban J connectivity index is 2.11. The minimum atomic E-state index is -4.77. The van der Waals surface area contributed by atoms with Gasteiger partial charge in [-0.05, 0) is 12.5 Å². The average molecular weight is 326 g/mol. The van der Waals surface area contributed by atoms with E-state index in [1.807, 2.05) is 0 Å². The molecule has 23 heavy (non-hydrogen) atoms. The fourth-order valence-electron chi connectivity index (χ4n) is 2.36. The van der Waals surface area contributed by atoms with Crippen LogP contribution in [0.15, 0.2) is 24.7 Å². The fraction of sp³-hybridized carbons (Fsp3) is 0.286. The highest BCUT2D eigenvalue weighted by atomic mass is 19.4. The molecule has 0 bridgehead atoms. The highest BCUT2D eigenvalue weighted by Gasteiger charge is 2.39. The number of nitrogens with zero attached hydrogens (tertiary/aromatic N) is 4. The van der Waals surface area contributed by atoms with E-state index < -0.39 is 23.6 Å². The normalized spacial score (nSPS) is 15.3. The Morgan fingerprint density at radius 2 is 1.96 bits per heavy atom. The molecule has 0 aromatic carbocycles. The molecule has 3 heterocycles. The first-order chi connectivity index (χ1) is 10.9. The quantitative estimate of drug-likeness (QED) is 0.796. The van der Waals surface area contributed by atoms with Crippen LogP contribution in [0.25, 0.3) is 11.4 Å². The molecule has 120 valence electrons. The maximum absolute atomic E-state index is 13.3. The molecule has 1 aliphatic rings. The van der Waals surface area contributed by atoms with E-state index in [4.69, 9.17) is 0 Å². The van der Waals surface area contributed by atoms with Crippen LogP contribution in [-0.4, -0.2) is 27.4 Å². The van der Waals surface area contributed by atoms with Crippen molar-refractivity contribution in [1.29, 1.82) is 0 Å². The fourth-order valence-corrected chi connectivity index (χ4v) is 2.36. The maximum atomic E-state index is 13.3. The lowest BCUT2D eigenvalue weighted by Gasteiger charge is -2.20. The summed E-state index contributed by atoms with van der Waals surface area (Å²) < 4.78 is 53.0. The lowest BCUT2D eigenvalue weighted by molar-refractivity contribution is -0.140. The molecule has 3 rings (SSSR count). The van der Waals surface area contributed by atoms with Crippen LogP contribution in [0.5, 0.6) is 0 Å². The number of carbonyl (C=O) groups is 1. The zero-order valence-corrected chi connectivity index (χ0v) is 11.6. The number of alkyl halides is 3. The van der Waals surface area contributed by atoms with Gasteiger partial charge in [-0.3, -0.25) is 9.78 Å². The third kappa shape index (κ3) is 2.99. The first-order valence-corrected chi connectivity index (χ1v) is 6.72.